The van der Waals surface area contributed by atoms with Gasteiger partial charge in [0.25, 0.3) is 15.7 Å². The van der Waals surface area contributed by atoms with E-state index < -0.39 is 37.7 Å². The summed E-state index contributed by atoms with van der Waals surface area (Å²) in [6.45, 7) is 1.03. The highest BCUT2D eigenvalue weighted by atomic mass is 32.2. The highest BCUT2D eigenvalue weighted by Crippen LogP contribution is 2.28. The summed E-state index contributed by atoms with van der Waals surface area (Å²) >= 11 is 0. The molecule has 0 N–H and O–H groups in total. The molecule has 140 valence electrons. The Morgan fingerprint density at radius 3 is 2.41 bits per heavy atom. The summed E-state index contributed by atoms with van der Waals surface area (Å²) in [5.41, 5.74) is -0.154. The smallest absolute Gasteiger partial charge is 0.425 e. The number of nitrogens with zero attached hydrogens (tertiary/aromatic N) is 2. The van der Waals surface area contributed by atoms with Crippen molar-refractivity contribution in [3.8, 4) is 12.3 Å². The number of hydrogen-bond donors (Lipinski definition) is 0. The number of ether oxygens (including phenoxy) is 1. The maximum Gasteiger partial charge on any atom is 0.425 e. The van der Waals surface area contributed by atoms with Crippen LogP contribution in [0.25, 0.3) is 0 Å². The Morgan fingerprint density at radius 1 is 1.22 bits per heavy atom. The Hall–Kier alpha value is -3.38. The molecule has 0 aliphatic carbocycles. The molecule has 0 heterocycles. The number of sulfonamides is 1. The minimum atomic E-state index is -4.58. The fraction of sp³-hybridized carbons (Fsp3) is 0.167. The van der Waals surface area contributed by atoms with Gasteiger partial charge in [-0.25, -0.2) is 13.2 Å². The van der Waals surface area contributed by atoms with Crippen LogP contribution >= 0.6 is 0 Å². The molecule has 0 saturated heterocycles. The van der Waals surface area contributed by atoms with E-state index in [1.165, 1.54) is 19.1 Å². The van der Waals surface area contributed by atoms with Crippen LogP contribution in [0.4, 0.5) is 10.5 Å². The maximum atomic E-state index is 13.0. The molecular weight excluding hydrogens is 372 g/mol. The number of carbonyl (C=O) groups excluding carboxylic acids is 1. The van der Waals surface area contributed by atoms with E-state index in [2.05, 4.69) is 5.92 Å². The third-order valence-corrected chi connectivity index (χ3v) is 5.27. The number of amides is 1. The molecule has 0 fully saturated rings. The Bertz CT molecular complexity index is 982. The zero-order valence-electron chi connectivity index (χ0n) is 14.3. The van der Waals surface area contributed by atoms with Gasteiger partial charge < -0.3 is 4.74 Å². The second-order valence-electron chi connectivity index (χ2n) is 5.41. The Balaban J connectivity index is 2.53. The summed E-state index contributed by atoms with van der Waals surface area (Å²) in [6.07, 6.45) is 2.98. The van der Waals surface area contributed by atoms with E-state index in [0.29, 0.717) is 9.87 Å². The van der Waals surface area contributed by atoms with Gasteiger partial charge >= 0.3 is 6.09 Å². The molecule has 2 aromatic rings. The van der Waals surface area contributed by atoms with Crippen molar-refractivity contribution in [2.45, 2.75) is 24.5 Å². The lowest BCUT2D eigenvalue weighted by Gasteiger charge is -2.22. The van der Waals surface area contributed by atoms with Crippen LogP contribution in [0.15, 0.2) is 59.5 Å². The van der Waals surface area contributed by atoms with Crippen LogP contribution in [0.1, 0.15) is 12.5 Å². The minimum Gasteiger partial charge on any atom is -0.432 e. The maximum absolute atomic E-state index is 13.0. The van der Waals surface area contributed by atoms with Crippen molar-refractivity contribution < 1.29 is 22.9 Å². The summed E-state index contributed by atoms with van der Waals surface area (Å²) in [7, 11) is -4.58. The van der Waals surface area contributed by atoms with Gasteiger partial charge in [-0.3, -0.25) is 10.1 Å². The van der Waals surface area contributed by atoms with E-state index in [4.69, 9.17) is 11.2 Å². The van der Waals surface area contributed by atoms with Gasteiger partial charge in [-0.1, -0.05) is 48.4 Å². The highest BCUT2D eigenvalue weighted by molar-refractivity contribution is 7.89. The van der Waals surface area contributed by atoms with E-state index in [1.807, 2.05) is 0 Å². The average molecular weight is 388 g/mol. The van der Waals surface area contributed by atoms with Crippen molar-refractivity contribution in [3.05, 3.63) is 70.3 Å². The van der Waals surface area contributed by atoms with Crippen LogP contribution in [-0.2, 0) is 21.3 Å². The summed E-state index contributed by atoms with van der Waals surface area (Å²) in [4.78, 5) is 22.3. The van der Waals surface area contributed by atoms with Gasteiger partial charge in [0, 0.05) is 6.07 Å². The van der Waals surface area contributed by atoms with Crippen LogP contribution < -0.4 is 0 Å². The monoisotopic (exact) mass is 388 g/mol. The Morgan fingerprint density at radius 2 is 1.81 bits per heavy atom. The van der Waals surface area contributed by atoms with Gasteiger partial charge in [-0.05, 0) is 18.6 Å². The van der Waals surface area contributed by atoms with E-state index in [9.17, 15) is 23.3 Å². The summed E-state index contributed by atoms with van der Waals surface area (Å²) in [5.74, 6) is 2.16. The van der Waals surface area contributed by atoms with E-state index in [0.717, 1.165) is 12.1 Å². The average Bonchev–Trinajstić information content (AvgIpc) is 2.66. The first-order valence-electron chi connectivity index (χ1n) is 7.74. The molecule has 0 spiro atoms. The summed E-state index contributed by atoms with van der Waals surface area (Å²) in [5, 5.41) is 11.2. The first-order chi connectivity index (χ1) is 12.8. The lowest BCUT2D eigenvalue weighted by atomic mass is 10.2. The predicted octanol–water partition coefficient (Wildman–Crippen LogP) is 2.94. The largest absolute Gasteiger partial charge is 0.432 e. The van der Waals surface area contributed by atoms with Gasteiger partial charge in [0.15, 0.2) is 11.0 Å². The van der Waals surface area contributed by atoms with Crippen LogP contribution in [0.2, 0.25) is 0 Å². The number of rotatable bonds is 6. The lowest BCUT2D eigenvalue weighted by Crippen LogP contribution is -2.38. The molecule has 0 aliphatic rings. The fourth-order valence-corrected chi connectivity index (χ4v) is 3.64. The third kappa shape index (κ3) is 4.62. The number of terminal acetylenes is 1. The number of nitro groups is 1. The number of nitro benzene ring substituents is 1. The van der Waals surface area contributed by atoms with Gasteiger partial charge in [0.1, 0.15) is 0 Å². The molecule has 2 rings (SSSR count). The Labute approximate surface area is 156 Å². The number of carbonyl (C=O) groups is 1. The minimum absolute atomic E-state index is 0.370. The molecule has 0 radical (unpaired) electrons. The third-order valence-electron chi connectivity index (χ3n) is 3.51. The number of para-hydroxylation sites is 1. The van der Waals surface area contributed by atoms with Crippen molar-refractivity contribution in [1.82, 2.24) is 4.31 Å². The molecule has 0 unspecified atom stereocenters. The fourth-order valence-electron chi connectivity index (χ4n) is 2.19. The zero-order valence-corrected chi connectivity index (χ0v) is 15.1. The van der Waals surface area contributed by atoms with Crippen LogP contribution in [0.5, 0.6) is 0 Å². The molecule has 0 aromatic heterocycles. The molecule has 27 heavy (non-hydrogen) atoms. The summed E-state index contributed by atoms with van der Waals surface area (Å²) in [6, 6.07) is 13.0. The van der Waals surface area contributed by atoms with Crippen molar-refractivity contribution in [3.63, 3.8) is 0 Å². The van der Waals surface area contributed by atoms with Crippen molar-refractivity contribution in [2.24, 2.45) is 0 Å². The topological polar surface area (TPSA) is 107 Å². The van der Waals surface area contributed by atoms with Crippen LogP contribution in [0, 0.1) is 22.5 Å². The molecule has 9 heteroatoms. The second kappa shape index (κ2) is 8.33. The first-order valence-corrected chi connectivity index (χ1v) is 9.18. The van der Waals surface area contributed by atoms with E-state index >= 15 is 0 Å². The molecule has 1 atom stereocenters. The quantitative estimate of drug-likeness (QED) is 0.428. The van der Waals surface area contributed by atoms with Gasteiger partial charge in [0.2, 0.25) is 0 Å². The highest BCUT2D eigenvalue weighted by Gasteiger charge is 2.36. The van der Waals surface area contributed by atoms with Gasteiger partial charge in [-0.15, -0.1) is 6.42 Å². The van der Waals surface area contributed by atoms with E-state index in [1.54, 1.807) is 30.3 Å². The van der Waals surface area contributed by atoms with E-state index in [-0.39, 0.29) is 6.54 Å². The molecule has 0 aliphatic heterocycles. The van der Waals surface area contributed by atoms with Gasteiger partial charge in [-0.2, -0.15) is 4.31 Å². The standard InChI is InChI=1S/C18H16N2O6S/c1-3-14(2)26-18(21)19(13-15-9-5-4-6-10-15)27(24,25)17-12-8-7-11-16(17)20(22)23/h1,4-12,14H,13H2,2H3/t14-/m1/s1. The molecule has 1 amide bonds. The second-order valence-corrected chi connectivity index (χ2v) is 7.25. The normalized spacial score (nSPS) is 11.9. The van der Waals surface area contributed by atoms with Crippen molar-refractivity contribution in [1.29, 1.82) is 0 Å². The first kappa shape index (κ1) is 19.9. The SMILES string of the molecule is C#C[C@@H](C)OC(=O)N(Cc1ccccc1)S(=O)(=O)c1ccccc1[N+](=O)[O-]. The van der Waals surface area contributed by atoms with Gasteiger partial charge in [0.05, 0.1) is 11.5 Å². The van der Waals surface area contributed by atoms with Crippen LogP contribution in [-0.4, -0.2) is 29.8 Å². The Kier molecular flexibility index (Phi) is 6.15. The number of hydrogen-bond acceptors (Lipinski definition) is 6. The molecule has 8 nitrogen and oxygen atoms in total. The molecule has 0 saturated carbocycles. The van der Waals surface area contributed by atoms with Crippen molar-refractivity contribution in [2.75, 3.05) is 0 Å². The predicted molar refractivity (Wildman–Crippen MR) is 97.0 cm³/mol. The molecular formula is C18H16N2O6S. The molecule has 0 bridgehead atoms. The van der Waals surface area contributed by atoms with Crippen molar-refractivity contribution >= 4 is 21.8 Å². The zero-order chi connectivity index (χ0) is 20.0. The molecule has 2 aromatic carbocycles. The van der Waals surface area contributed by atoms with Crippen LogP contribution in [0.3, 0.4) is 0 Å². The lowest BCUT2D eigenvalue weighted by molar-refractivity contribution is -0.387. The number of benzene rings is 2. The summed E-state index contributed by atoms with van der Waals surface area (Å²) < 4.78 is 31.5.